The van der Waals surface area contributed by atoms with Crippen LogP contribution in [0.1, 0.15) is 22.0 Å². The number of carbonyl (C=O) groups excluding carboxylic acids is 2. The molecule has 0 saturated heterocycles. The van der Waals surface area contributed by atoms with Gasteiger partial charge in [0.15, 0.2) is 6.04 Å². The summed E-state index contributed by atoms with van der Waals surface area (Å²) in [5, 5.41) is 4.02. The van der Waals surface area contributed by atoms with Gasteiger partial charge in [-0.15, -0.1) is 0 Å². The van der Waals surface area contributed by atoms with Crippen LogP contribution in [0.2, 0.25) is 5.02 Å². The highest BCUT2D eigenvalue weighted by Gasteiger charge is 2.25. The van der Waals surface area contributed by atoms with Gasteiger partial charge >= 0.3 is 5.97 Å². The van der Waals surface area contributed by atoms with E-state index in [-0.39, 0.29) is 0 Å². The van der Waals surface area contributed by atoms with Crippen LogP contribution in [0.5, 0.6) is 0 Å². The number of benzene rings is 3. The molecule has 0 radical (unpaired) electrons. The number of amides is 1. The Kier molecular flexibility index (Phi) is 5.96. The third kappa shape index (κ3) is 4.27. The predicted molar refractivity (Wildman–Crippen MR) is 121 cm³/mol. The van der Waals surface area contributed by atoms with E-state index in [1.807, 2.05) is 48.5 Å². The SMILES string of the molecule is COC(=O)C(NC(=O)c1cc(-c2ccccc2Cl)nc2ccccc12)c1ccccc1. The first-order chi connectivity index (χ1) is 15.1. The van der Waals surface area contributed by atoms with Gasteiger partial charge in [-0.3, -0.25) is 4.79 Å². The summed E-state index contributed by atoms with van der Waals surface area (Å²) in [6, 6.07) is 24.4. The lowest BCUT2D eigenvalue weighted by Gasteiger charge is -2.18. The van der Waals surface area contributed by atoms with Crippen molar-refractivity contribution in [2.24, 2.45) is 0 Å². The first kappa shape index (κ1) is 20.6. The Balaban J connectivity index is 1.80. The summed E-state index contributed by atoms with van der Waals surface area (Å²) in [6.07, 6.45) is 0. The zero-order valence-electron chi connectivity index (χ0n) is 16.7. The number of carbonyl (C=O) groups is 2. The number of hydrogen-bond donors (Lipinski definition) is 1. The zero-order chi connectivity index (χ0) is 21.8. The number of nitrogens with zero attached hydrogens (tertiary/aromatic N) is 1. The lowest BCUT2D eigenvalue weighted by atomic mass is 10.0. The molecule has 1 unspecified atom stereocenters. The van der Waals surface area contributed by atoms with Gasteiger partial charge in [0, 0.05) is 16.0 Å². The summed E-state index contributed by atoms with van der Waals surface area (Å²) >= 11 is 6.36. The number of hydrogen-bond acceptors (Lipinski definition) is 4. The Morgan fingerprint density at radius 2 is 1.61 bits per heavy atom. The number of pyridine rings is 1. The fraction of sp³-hybridized carbons (Fsp3) is 0.0800. The van der Waals surface area contributed by atoms with Crippen molar-refractivity contribution in [1.29, 1.82) is 0 Å². The van der Waals surface area contributed by atoms with Crippen LogP contribution in [-0.4, -0.2) is 24.0 Å². The van der Waals surface area contributed by atoms with Gasteiger partial charge in [-0.1, -0.05) is 78.3 Å². The number of methoxy groups -OCH3 is 1. The molecular weight excluding hydrogens is 412 g/mol. The smallest absolute Gasteiger partial charge is 0.333 e. The molecule has 1 atom stereocenters. The van der Waals surface area contributed by atoms with Gasteiger partial charge in [0.2, 0.25) is 0 Å². The molecular formula is C25H19ClN2O3. The number of esters is 1. The van der Waals surface area contributed by atoms with Gasteiger partial charge in [0.05, 0.1) is 23.9 Å². The maximum Gasteiger partial charge on any atom is 0.333 e. The van der Waals surface area contributed by atoms with E-state index in [1.165, 1.54) is 7.11 Å². The molecule has 154 valence electrons. The van der Waals surface area contributed by atoms with Crippen molar-refractivity contribution in [3.63, 3.8) is 0 Å². The Morgan fingerprint density at radius 3 is 2.35 bits per heavy atom. The number of rotatable bonds is 5. The van der Waals surface area contributed by atoms with E-state index in [9.17, 15) is 9.59 Å². The second-order valence-electron chi connectivity index (χ2n) is 6.89. The Labute approximate surface area is 184 Å². The highest BCUT2D eigenvalue weighted by molar-refractivity contribution is 6.33. The van der Waals surface area contributed by atoms with E-state index in [4.69, 9.17) is 16.3 Å². The summed E-state index contributed by atoms with van der Waals surface area (Å²) in [5.41, 5.74) is 2.97. The summed E-state index contributed by atoms with van der Waals surface area (Å²) < 4.78 is 4.92. The molecule has 3 aromatic carbocycles. The van der Waals surface area contributed by atoms with Crippen molar-refractivity contribution >= 4 is 34.4 Å². The number of fused-ring (bicyclic) bond motifs is 1. The third-order valence-corrected chi connectivity index (χ3v) is 5.29. The molecule has 0 aliphatic heterocycles. The van der Waals surface area contributed by atoms with Crippen LogP contribution in [0.15, 0.2) is 84.9 Å². The Hall–Kier alpha value is -3.70. The third-order valence-electron chi connectivity index (χ3n) is 4.96. The first-order valence-corrected chi connectivity index (χ1v) is 10.0. The average molecular weight is 431 g/mol. The van der Waals surface area contributed by atoms with Gasteiger partial charge in [-0.2, -0.15) is 0 Å². The second kappa shape index (κ2) is 8.98. The Morgan fingerprint density at radius 1 is 0.935 bits per heavy atom. The van der Waals surface area contributed by atoms with Gasteiger partial charge in [0.1, 0.15) is 0 Å². The fourth-order valence-corrected chi connectivity index (χ4v) is 3.65. The lowest BCUT2D eigenvalue weighted by Crippen LogP contribution is -2.34. The topological polar surface area (TPSA) is 68.3 Å². The fourth-order valence-electron chi connectivity index (χ4n) is 3.42. The van der Waals surface area contributed by atoms with Crippen LogP contribution >= 0.6 is 11.6 Å². The van der Waals surface area contributed by atoms with Crippen molar-refractivity contribution in [2.75, 3.05) is 7.11 Å². The van der Waals surface area contributed by atoms with Gasteiger partial charge in [0.25, 0.3) is 5.91 Å². The summed E-state index contributed by atoms with van der Waals surface area (Å²) in [7, 11) is 1.29. The van der Waals surface area contributed by atoms with Crippen molar-refractivity contribution < 1.29 is 14.3 Å². The molecule has 4 rings (SSSR count). The molecule has 1 N–H and O–H groups in total. The minimum Gasteiger partial charge on any atom is -0.467 e. The second-order valence-corrected chi connectivity index (χ2v) is 7.30. The van der Waals surface area contributed by atoms with Crippen molar-refractivity contribution in [3.8, 4) is 11.3 Å². The molecule has 0 aliphatic carbocycles. The van der Waals surface area contributed by atoms with Crippen LogP contribution < -0.4 is 5.32 Å². The predicted octanol–water partition coefficient (Wildman–Crippen LogP) is 5.20. The van der Waals surface area contributed by atoms with Gasteiger partial charge in [-0.05, 0) is 23.8 Å². The lowest BCUT2D eigenvalue weighted by molar-refractivity contribution is -0.143. The van der Waals surface area contributed by atoms with E-state index >= 15 is 0 Å². The summed E-state index contributed by atoms with van der Waals surface area (Å²) in [6.45, 7) is 0. The zero-order valence-corrected chi connectivity index (χ0v) is 17.5. The monoisotopic (exact) mass is 430 g/mol. The molecule has 0 saturated carbocycles. The van der Waals surface area contributed by atoms with E-state index in [1.54, 1.807) is 36.4 Å². The number of nitrogens with one attached hydrogen (secondary N) is 1. The normalized spacial score (nSPS) is 11.7. The van der Waals surface area contributed by atoms with Crippen molar-refractivity contribution in [3.05, 3.63) is 101 Å². The molecule has 5 nitrogen and oxygen atoms in total. The van der Waals surface area contributed by atoms with Crippen LogP contribution in [0.3, 0.4) is 0 Å². The number of para-hydroxylation sites is 1. The molecule has 1 heterocycles. The maximum absolute atomic E-state index is 13.4. The summed E-state index contributed by atoms with van der Waals surface area (Å²) in [4.78, 5) is 30.4. The molecule has 0 fully saturated rings. The van der Waals surface area contributed by atoms with Crippen LogP contribution in [0.4, 0.5) is 0 Å². The van der Waals surface area contributed by atoms with Gasteiger partial charge < -0.3 is 10.1 Å². The summed E-state index contributed by atoms with van der Waals surface area (Å²) in [5.74, 6) is -0.963. The molecule has 4 aromatic rings. The van der Waals surface area contributed by atoms with E-state index in [0.717, 1.165) is 5.56 Å². The van der Waals surface area contributed by atoms with E-state index in [2.05, 4.69) is 10.3 Å². The minimum absolute atomic E-state index is 0.394. The van der Waals surface area contributed by atoms with Crippen molar-refractivity contribution in [2.45, 2.75) is 6.04 Å². The number of ether oxygens (including phenoxy) is 1. The van der Waals surface area contributed by atoms with Gasteiger partial charge in [-0.25, -0.2) is 9.78 Å². The molecule has 0 aliphatic rings. The van der Waals surface area contributed by atoms with Crippen LogP contribution in [0.25, 0.3) is 22.2 Å². The highest BCUT2D eigenvalue weighted by Crippen LogP contribution is 2.30. The molecule has 0 spiro atoms. The minimum atomic E-state index is -0.936. The first-order valence-electron chi connectivity index (χ1n) is 9.67. The molecule has 1 aromatic heterocycles. The van der Waals surface area contributed by atoms with E-state index in [0.29, 0.717) is 32.7 Å². The van der Waals surface area contributed by atoms with Crippen LogP contribution in [0, 0.1) is 0 Å². The van der Waals surface area contributed by atoms with Crippen LogP contribution in [-0.2, 0) is 9.53 Å². The molecule has 0 bridgehead atoms. The molecule has 31 heavy (non-hydrogen) atoms. The maximum atomic E-state index is 13.4. The highest BCUT2D eigenvalue weighted by atomic mass is 35.5. The molecule has 1 amide bonds. The average Bonchev–Trinajstić information content (AvgIpc) is 2.82. The largest absolute Gasteiger partial charge is 0.467 e. The Bertz CT molecular complexity index is 1260. The van der Waals surface area contributed by atoms with E-state index < -0.39 is 17.9 Å². The standard InChI is InChI=1S/C25H19ClN2O3/c1-31-25(30)23(16-9-3-2-4-10-16)28-24(29)19-15-22(18-12-5-7-13-20(18)26)27-21-14-8-6-11-17(19)21/h2-15,23H,1H3,(H,28,29). The molecule has 6 heteroatoms. The van der Waals surface area contributed by atoms with Crippen molar-refractivity contribution in [1.82, 2.24) is 10.3 Å². The number of aromatic nitrogens is 1. The quantitative estimate of drug-likeness (QED) is 0.442. The number of halogens is 1.